The highest BCUT2D eigenvalue weighted by Crippen LogP contribution is 2.49. The Balaban J connectivity index is 1.32. The number of rotatable bonds is 5. The van der Waals surface area contributed by atoms with Gasteiger partial charge in [-0.15, -0.1) is 0 Å². The summed E-state index contributed by atoms with van der Waals surface area (Å²) in [7, 11) is 0. The predicted molar refractivity (Wildman–Crippen MR) is 140 cm³/mol. The van der Waals surface area contributed by atoms with Crippen LogP contribution < -0.4 is 16.2 Å². The van der Waals surface area contributed by atoms with Crippen LogP contribution in [0, 0.1) is 11.3 Å². The van der Waals surface area contributed by atoms with Gasteiger partial charge in [0.15, 0.2) is 11.5 Å². The fraction of sp³-hybridized carbons (Fsp3) is 0.393. The van der Waals surface area contributed by atoms with Gasteiger partial charge in [-0.3, -0.25) is 4.79 Å². The molecule has 3 aliphatic rings. The summed E-state index contributed by atoms with van der Waals surface area (Å²) in [5, 5.41) is 17.1. The lowest BCUT2D eigenvalue weighted by atomic mass is 9.92. The molecule has 1 aromatic carbocycles. The van der Waals surface area contributed by atoms with E-state index in [1.165, 1.54) is 24.0 Å². The summed E-state index contributed by atoms with van der Waals surface area (Å²) >= 11 is 0. The zero-order valence-electron chi connectivity index (χ0n) is 21.0. The molecule has 7 rings (SSSR count). The van der Waals surface area contributed by atoms with Crippen LogP contribution in [0.5, 0.6) is 0 Å². The molecule has 2 fully saturated rings. The average molecular weight is 493 g/mol. The Morgan fingerprint density at radius 2 is 1.97 bits per heavy atom. The molecule has 1 spiro atoms. The van der Waals surface area contributed by atoms with E-state index in [-0.39, 0.29) is 17.1 Å². The van der Waals surface area contributed by atoms with E-state index in [0.717, 1.165) is 37.2 Å². The number of benzene rings is 1. The van der Waals surface area contributed by atoms with Gasteiger partial charge in [-0.2, -0.15) is 10.2 Å². The largest absolute Gasteiger partial charge is 0.324 e. The van der Waals surface area contributed by atoms with Gasteiger partial charge in [0.1, 0.15) is 5.39 Å². The number of nitrogens with one attached hydrogen (secondary N) is 2. The smallest absolute Gasteiger partial charge is 0.278 e. The van der Waals surface area contributed by atoms with Crippen LogP contribution in [0.15, 0.2) is 47.4 Å². The maximum absolute atomic E-state index is 13.4. The highest BCUT2D eigenvalue weighted by Gasteiger charge is 2.47. The van der Waals surface area contributed by atoms with Crippen molar-refractivity contribution in [3.8, 4) is 11.9 Å². The van der Waals surface area contributed by atoms with Gasteiger partial charge in [-0.25, -0.2) is 19.3 Å². The summed E-state index contributed by atoms with van der Waals surface area (Å²) in [6.07, 6.45) is 6.58. The highest BCUT2D eigenvalue weighted by atomic mass is 16.1. The van der Waals surface area contributed by atoms with Crippen molar-refractivity contribution >= 4 is 22.7 Å². The Morgan fingerprint density at radius 3 is 2.70 bits per heavy atom. The van der Waals surface area contributed by atoms with Gasteiger partial charge in [-0.05, 0) is 81.3 Å². The van der Waals surface area contributed by atoms with Crippen LogP contribution in [-0.2, 0) is 17.4 Å². The number of fused-ring (bicyclic) bond motifs is 3. The zero-order valence-corrected chi connectivity index (χ0v) is 21.0. The van der Waals surface area contributed by atoms with E-state index in [4.69, 9.17) is 9.97 Å². The lowest BCUT2D eigenvalue weighted by Crippen LogP contribution is -2.36. The number of pyridine rings is 1. The second-order valence-corrected chi connectivity index (χ2v) is 10.8. The average Bonchev–Trinajstić information content (AvgIpc) is 3.83. The van der Waals surface area contributed by atoms with Crippen molar-refractivity contribution in [2.75, 3.05) is 11.9 Å². The minimum Gasteiger partial charge on any atom is -0.324 e. The molecule has 2 N–H and O–H groups in total. The third-order valence-corrected chi connectivity index (χ3v) is 8.00. The highest BCUT2D eigenvalue weighted by molar-refractivity contribution is 5.77. The Bertz CT molecular complexity index is 1670. The normalized spacial score (nSPS) is 18.5. The molecule has 4 heterocycles. The van der Waals surface area contributed by atoms with Crippen molar-refractivity contribution in [1.29, 1.82) is 5.26 Å². The number of anilines is 2. The molecule has 4 aromatic rings. The molecule has 2 aliphatic carbocycles. The SMILES string of the molecule is CC(C)n1c(=O)c2cnc(Nc3ccc4c(c3)CCNC43CC3)nc2n1-c1cccc(C2(C#N)CC2)n1. The lowest BCUT2D eigenvalue weighted by Gasteiger charge is -2.27. The fourth-order valence-corrected chi connectivity index (χ4v) is 5.68. The van der Waals surface area contributed by atoms with Crippen LogP contribution in [0.2, 0.25) is 0 Å². The van der Waals surface area contributed by atoms with E-state index < -0.39 is 5.41 Å². The molecule has 1 aliphatic heterocycles. The second kappa shape index (κ2) is 7.73. The van der Waals surface area contributed by atoms with Gasteiger partial charge in [0.05, 0.1) is 17.2 Å². The van der Waals surface area contributed by atoms with Crippen molar-refractivity contribution in [2.24, 2.45) is 0 Å². The van der Waals surface area contributed by atoms with Crippen LogP contribution in [0.25, 0.3) is 16.9 Å². The number of aromatic nitrogens is 5. The Labute approximate surface area is 214 Å². The predicted octanol–water partition coefficient (Wildman–Crippen LogP) is 3.99. The molecule has 9 nitrogen and oxygen atoms in total. The summed E-state index contributed by atoms with van der Waals surface area (Å²) in [6.45, 7) is 4.91. The van der Waals surface area contributed by atoms with Crippen molar-refractivity contribution in [3.05, 3.63) is 69.8 Å². The van der Waals surface area contributed by atoms with Crippen molar-refractivity contribution < 1.29 is 0 Å². The third-order valence-electron chi connectivity index (χ3n) is 8.00. The summed E-state index contributed by atoms with van der Waals surface area (Å²) in [5.74, 6) is 0.990. The quantitative estimate of drug-likeness (QED) is 0.433. The number of nitriles is 1. The number of hydrogen-bond donors (Lipinski definition) is 2. The van der Waals surface area contributed by atoms with Gasteiger partial charge < -0.3 is 10.6 Å². The summed E-state index contributed by atoms with van der Waals surface area (Å²) in [4.78, 5) is 27.5. The molecular formula is C28H28N8O. The molecule has 0 saturated heterocycles. The lowest BCUT2D eigenvalue weighted by molar-refractivity contribution is 0.471. The summed E-state index contributed by atoms with van der Waals surface area (Å²) in [5.41, 5.74) is 4.41. The van der Waals surface area contributed by atoms with Crippen LogP contribution in [0.3, 0.4) is 0 Å². The number of nitrogens with zero attached hydrogens (tertiary/aromatic N) is 6. The Hall–Kier alpha value is -4.03. The zero-order chi connectivity index (χ0) is 25.4. The Kier molecular flexibility index (Phi) is 4.64. The fourth-order valence-electron chi connectivity index (χ4n) is 5.68. The first-order valence-corrected chi connectivity index (χ1v) is 13.0. The molecule has 3 aromatic heterocycles. The van der Waals surface area contributed by atoms with E-state index in [2.05, 4.69) is 39.9 Å². The number of hydrogen-bond acceptors (Lipinski definition) is 7. The molecule has 0 unspecified atom stereocenters. The van der Waals surface area contributed by atoms with Crippen LogP contribution in [0.1, 0.15) is 62.4 Å². The van der Waals surface area contributed by atoms with Crippen molar-refractivity contribution in [2.45, 2.75) is 62.9 Å². The second-order valence-electron chi connectivity index (χ2n) is 10.8. The van der Waals surface area contributed by atoms with Gasteiger partial charge in [0, 0.05) is 30.0 Å². The van der Waals surface area contributed by atoms with Crippen LogP contribution in [-0.4, -0.2) is 30.9 Å². The van der Waals surface area contributed by atoms with Crippen LogP contribution in [0.4, 0.5) is 11.6 Å². The first kappa shape index (κ1) is 22.2. The molecule has 0 radical (unpaired) electrons. The van der Waals surface area contributed by atoms with E-state index in [9.17, 15) is 10.1 Å². The minimum atomic E-state index is -0.523. The third kappa shape index (κ3) is 3.39. The van der Waals surface area contributed by atoms with Gasteiger partial charge >= 0.3 is 0 Å². The first-order valence-electron chi connectivity index (χ1n) is 13.0. The van der Waals surface area contributed by atoms with E-state index in [0.29, 0.717) is 22.8 Å². The minimum absolute atomic E-state index is 0.126. The molecule has 0 atom stereocenters. The maximum Gasteiger partial charge on any atom is 0.278 e. The molecule has 37 heavy (non-hydrogen) atoms. The van der Waals surface area contributed by atoms with Crippen molar-refractivity contribution in [1.82, 2.24) is 29.6 Å². The van der Waals surface area contributed by atoms with Gasteiger partial charge in [0.2, 0.25) is 5.95 Å². The molecule has 9 heteroatoms. The molecule has 0 amide bonds. The van der Waals surface area contributed by atoms with Crippen molar-refractivity contribution in [3.63, 3.8) is 0 Å². The van der Waals surface area contributed by atoms with E-state index in [1.807, 2.05) is 32.0 Å². The topological polar surface area (TPSA) is 113 Å². The standard InChI is InChI=1S/C28H28N8O/c1-17(2)35-25(37)20-15-30-26(32-19-6-7-21-18(14-19)8-13-31-28(21)11-12-28)34-24(20)36(35)23-5-3-4-22(33-23)27(16-29)9-10-27/h3-7,14-15,17,31H,8-13H2,1-2H3,(H,30,32,34). The maximum atomic E-state index is 13.4. The molecule has 0 bridgehead atoms. The van der Waals surface area contributed by atoms with Gasteiger partial charge in [-0.1, -0.05) is 12.1 Å². The molecule has 186 valence electrons. The van der Waals surface area contributed by atoms with Crippen LogP contribution >= 0.6 is 0 Å². The Morgan fingerprint density at radius 1 is 1.14 bits per heavy atom. The summed E-state index contributed by atoms with van der Waals surface area (Å²) in [6, 6.07) is 14.4. The van der Waals surface area contributed by atoms with Gasteiger partial charge in [0.25, 0.3) is 5.56 Å². The molecular weight excluding hydrogens is 464 g/mol. The van der Waals surface area contributed by atoms with E-state index in [1.54, 1.807) is 15.6 Å². The monoisotopic (exact) mass is 492 g/mol. The molecule has 2 saturated carbocycles. The summed E-state index contributed by atoms with van der Waals surface area (Å²) < 4.78 is 3.42. The first-order chi connectivity index (χ1) is 17.9. The van der Waals surface area contributed by atoms with E-state index >= 15 is 0 Å².